The van der Waals surface area contributed by atoms with E-state index in [4.69, 9.17) is 9.47 Å². The summed E-state index contributed by atoms with van der Waals surface area (Å²) in [6.07, 6.45) is 3.22. The van der Waals surface area contributed by atoms with E-state index in [2.05, 4.69) is 29.6 Å². The molecule has 0 aromatic heterocycles. The summed E-state index contributed by atoms with van der Waals surface area (Å²) in [6.45, 7) is 2.96. The van der Waals surface area contributed by atoms with Crippen LogP contribution in [0.4, 0.5) is 4.79 Å². The zero-order valence-electron chi connectivity index (χ0n) is 17.4. The minimum absolute atomic E-state index is 0.0441. The van der Waals surface area contributed by atoms with Crippen LogP contribution in [0.5, 0.6) is 11.5 Å². The molecule has 158 valence electrons. The molecule has 1 amide bonds. The van der Waals surface area contributed by atoms with Crippen molar-refractivity contribution in [3.63, 3.8) is 0 Å². The SMILES string of the molecule is CCOc1cc(C=CCNC(=O)OCC2c3ccccc3-c3ccccc32)ccc1O. The number of nitrogens with one attached hydrogen (secondary N) is 1. The molecule has 3 aromatic carbocycles. The van der Waals surface area contributed by atoms with Crippen molar-refractivity contribution in [3.8, 4) is 22.6 Å². The van der Waals surface area contributed by atoms with E-state index < -0.39 is 6.09 Å². The smallest absolute Gasteiger partial charge is 0.407 e. The zero-order valence-corrected chi connectivity index (χ0v) is 17.4. The Balaban J connectivity index is 1.31. The number of carbonyl (C=O) groups excluding carboxylic acids is 1. The first kappa shape index (κ1) is 20.5. The second-order valence-electron chi connectivity index (χ2n) is 7.27. The van der Waals surface area contributed by atoms with Crippen LogP contribution in [0, 0.1) is 0 Å². The molecule has 3 aromatic rings. The molecule has 0 fully saturated rings. The third-order valence-corrected chi connectivity index (χ3v) is 5.30. The summed E-state index contributed by atoms with van der Waals surface area (Å²) in [5.41, 5.74) is 5.66. The van der Waals surface area contributed by atoms with Gasteiger partial charge in [0.1, 0.15) is 6.61 Å². The van der Waals surface area contributed by atoms with Crippen molar-refractivity contribution in [3.05, 3.63) is 89.5 Å². The fourth-order valence-electron chi connectivity index (χ4n) is 3.89. The highest BCUT2D eigenvalue weighted by atomic mass is 16.5. The number of phenols is 1. The summed E-state index contributed by atoms with van der Waals surface area (Å²) in [5.74, 6) is 0.590. The summed E-state index contributed by atoms with van der Waals surface area (Å²) in [4.78, 5) is 12.2. The number of carbonyl (C=O) groups is 1. The van der Waals surface area contributed by atoms with Gasteiger partial charge in [-0.25, -0.2) is 4.79 Å². The number of rotatable bonds is 7. The van der Waals surface area contributed by atoms with Gasteiger partial charge in [-0.05, 0) is 46.9 Å². The van der Waals surface area contributed by atoms with E-state index in [-0.39, 0.29) is 11.7 Å². The fraction of sp³-hybridized carbons (Fsp3) is 0.192. The molecule has 0 heterocycles. The number of fused-ring (bicyclic) bond motifs is 3. The van der Waals surface area contributed by atoms with Crippen molar-refractivity contribution in [2.45, 2.75) is 12.8 Å². The lowest BCUT2D eigenvalue weighted by molar-refractivity contribution is 0.144. The monoisotopic (exact) mass is 415 g/mol. The maximum absolute atomic E-state index is 12.2. The molecule has 1 aliphatic rings. The fourth-order valence-corrected chi connectivity index (χ4v) is 3.89. The molecular formula is C26H25NO4. The van der Waals surface area contributed by atoms with E-state index in [0.29, 0.717) is 25.5 Å². The van der Waals surface area contributed by atoms with E-state index in [0.717, 1.165) is 5.56 Å². The first-order chi connectivity index (χ1) is 15.2. The van der Waals surface area contributed by atoms with Crippen LogP contribution in [-0.4, -0.2) is 31.0 Å². The van der Waals surface area contributed by atoms with Crippen LogP contribution in [0.25, 0.3) is 17.2 Å². The predicted octanol–water partition coefficient (Wildman–Crippen LogP) is 5.34. The van der Waals surface area contributed by atoms with Crippen LogP contribution < -0.4 is 10.1 Å². The van der Waals surface area contributed by atoms with Gasteiger partial charge < -0.3 is 19.9 Å². The number of hydrogen-bond donors (Lipinski definition) is 2. The number of benzene rings is 3. The standard InChI is InChI=1S/C26H25NO4/c1-2-30-25-16-18(13-14-24(25)28)8-7-15-27-26(29)31-17-23-21-11-5-3-9-19(21)20-10-4-6-12-22(20)23/h3-14,16,23,28H,2,15,17H2,1H3,(H,27,29). The molecule has 5 heteroatoms. The highest BCUT2D eigenvalue weighted by molar-refractivity contribution is 5.79. The zero-order chi connectivity index (χ0) is 21.6. The highest BCUT2D eigenvalue weighted by Gasteiger charge is 2.28. The molecule has 0 spiro atoms. The normalized spacial score (nSPS) is 12.4. The molecule has 0 unspecified atom stereocenters. The van der Waals surface area contributed by atoms with Gasteiger partial charge in [0.05, 0.1) is 6.61 Å². The Kier molecular flexibility index (Phi) is 6.22. The molecule has 0 aliphatic heterocycles. The Morgan fingerprint density at radius 2 is 1.71 bits per heavy atom. The van der Waals surface area contributed by atoms with Crippen molar-refractivity contribution in [2.75, 3.05) is 19.8 Å². The van der Waals surface area contributed by atoms with Crippen molar-refractivity contribution in [2.24, 2.45) is 0 Å². The number of ether oxygens (including phenoxy) is 2. The van der Waals surface area contributed by atoms with E-state index in [9.17, 15) is 9.90 Å². The lowest BCUT2D eigenvalue weighted by Crippen LogP contribution is -2.26. The maximum Gasteiger partial charge on any atom is 0.407 e. The van der Waals surface area contributed by atoms with Crippen molar-refractivity contribution in [1.29, 1.82) is 0 Å². The molecule has 5 nitrogen and oxygen atoms in total. The van der Waals surface area contributed by atoms with Gasteiger partial charge in [-0.2, -0.15) is 0 Å². The first-order valence-electron chi connectivity index (χ1n) is 10.4. The largest absolute Gasteiger partial charge is 0.504 e. The van der Waals surface area contributed by atoms with Gasteiger partial charge in [-0.15, -0.1) is 0 Å². The van der Waals surface area contributed by atoms with Crippen LogP contribution in [0.2, 0.25) is 0 Å². The second kappa shape index (κ2) is 9.39. The number of aromatic hydroxyl groups is 1. The quantitative estimate of drug-likeness (QED) is 0.546. The van der Waals surface area contributed by atoms with Crippen molar-refractivity contribution in [1.82, 2.24) is 5.32 Å². The molecule has 0 saturated heterocycles. The van der Waals surface area contributed by atoms with Crippen molar-refractivity contribution < 1.29 is 19.4 Å². The minimum Gasteiger partial charge on any atom is -0.504 e. The highest BCUT2D eigenvalue weighted by Crippen LogP contribution is 2.44. The Morgan fingerprint density at radius 1 is 1.03 bits per heavy atom. The lowest BCUT2D eigenvalue weighted by Gasteiger charge is -2.14. The molecule has 0 radical (unpaired) electrons. The van der Waals surface area contributed by atoms with E-state index in [1.165, 1.54) is 22.3 Å². The molecule has 0 bridgehead atoms. The van der Waals surface area contributed by atoms with Crippen LogP contribution in [-0.2, 0) is 4.74 Å². The van der Waals surface area contributed by atoms with E-state index in [1.807, 2.05) is 43.3 Å². The van der Waals surface area contributed by atoms with Crippen LogP contribution in [0.15, 0.2) is 72.8 Å². The molecule has 0 atom stereocenters. The summed E-state index contributed by atoms with van der Waals surface area (Å²) in [5, 5.41) is 12.5. The first-order valence-corrected chi connectivity index (χ1v) is 10.4. The molecule has 4 rings (SSSR count). The third kappa shape index (κ3) is 4.56. The van der Waals surface area contributed by atoms with Gasteiger partial charge in [0.15, 0.2) is 11.5 Å². The topological polar surface area (TPSA) is 67.8 Å². The Hall–Kier alpha value is -3.73. The maximum atomic E-state index is 12.2. The Labute approximate surface area is 182 Å². The molecular weight excluding hydrogens is 390 g/mol. The number of phenolic OH excluding ortho intramolecular Hbond substituents is 1. The summed E-state index contributed by atoms with van der Waals surface area (Å²) in [7, 11) is 0. The summed E-state index contributed by atoms with van der Waals surface area (Å²) >= 11 is 0. The van der Waals surface area contributed by atoms with Crippen LogP contribution in [0.3, 0.4) is 0 Å². The molecule has 31 heavy (non-hydrogen) atoms. The predicted molar refractivity (Wildman–Crippen MR) is 121 cm³/mol. The average Bonchev–Trinajstić information content (AvgIpc) is 3.11. The minimum atomic E-state index is -0.452. The molecule has 1 aliphatic carbocycles. The van der Waals surface area contributed by atoms with Crippen LogP contribution in [0.1, 0.15) is 29.5 Å². The van der Waals surface area contributed by atoms with Gasteiger partial charge in [0, 0.05) is 12.5 Å². The number of hydrogen-bond acceptors (Lipinski definition) is 4. The lowest BCUT2D eigenvalue weighted by atomic mass is 9.98. The molecule has 0 saturated carbocycles. The number of alkyl carbamates (subject to hydrolysis) is 1. The summed E-state index contributed by atoms with van der Waals surface area (Å²) < 4.78 is 10.9. The second-order valence-corrected chi connectivity index (χ2v) is 7.27. The van der Waals surface area contributed by atoms with Gasteiger partial charge in [0.2, 0.25) is 0 Å². The Morgan fingerprint density at radius 3 is 2.39 bits per heavy atom. The summed E-state index contributed by atoms with van der Waals surface area (Å²) in [6, 6.07) is 21.6. The molecule has 2 N–H and O–H groups in total. The number of amides is 1. The third-order valence-electron chi connectivity index (χ3n) is 5.30. The van der Waals surface area contributed by atoms with E-state index in [1.54, 1.807) is 18.2 Å². The van der Waals surface area contributed by atoms with E-state index >= 15 is 0 Å². The van der Waals surface area contributed by atoms with Crippen molar-refractivity contribution >= 4 is 12.2 Å². The van der Waals surface area contributed by atoms with Gasteiger partial charge in [-0.1, -0.05) is 66.7 Å². The van der Waals surface area contributed by atoms with Gasteiger partial charge >= 0.3 is 6.09 Å². The van der Waals surface area contributed by atoms with Gasteiger partial charge in [-0.3, -0.25) is 0 Å². The average molecular weight is 415 g/mol. The Bertz CT molecular complexity index is 1060. The van der Waals surface area contributed by atoms with Crippen LogP contribution >= 0.6 is 0 Å². The van der Waals surface area contributed by atoms with Gasteiger partial charge in [0.25, 0.3) is 0 Å².